The number of hydrogen-bond donors (Lipinski definition) is 2. The van der Waals surface area contributed by atoms with Gasteiger partial charge < -0.3 is 0 Å². The van der Waals surface area contributed by atoms with E-state index >= 15 is 0 Å². The smallest absolute Gasteiger partial charge is 0.269 e. The highest BCUT2D eigenvalue weighted by atomic mass is 32.1. The van der Waals surface area contributed by atoms with Crippen molar-refractivity contribution in [2.24, 2.45) is 0 Å². The molecule has 0 fully saturated rings. The van der Waals surface area contributed by atoms with Crippen LogP contribution in [-0.4, -0.2) is 16.4 Å². The molecule has 0 bridgehead atoms. The highest BCUT2D eigenvalue weighted by Gasteiger charge is 2.31. The molecule has 0 spiro atoms. The lowest BCUT2D eigenvalue weighted by molar-refractivity contribution is -0.545. The van der Waals surface area contributed by atoms with Crippen LogP contribution in [0.1, 0.15) is 25.0 Å². The van der Waals surface area contributed by atoms with Crippen LogP contribution in [0, 0.1) is 0 Å². The molecule has 24 heavy (non-hydrogen) atoms. The van der Waals surface area contributed by atoms with Crippen molar-refractivity contribution in [2.75, 3.05) is 5.32 Å². The van der Waals surface area contributed by atoms with Gasteiger partial charge in [0.15, 0.2) is 0 Å². The Morgan fingerprint density at radius 3 is 2.62 bits per heavy atom. The molecule has 0 unspecified atom stereocenters. The van der Waals surface area contributed by atoms with Gasteiger partial charge in [-0.25, -0.2) is 5.32 Å². The van der Waals surface area contributed by atoms with Crippen molar-refractivity contribution in [1.29, 1.82) is 0 Å². The molecule has 4 heteroatoms. The van der Waals surface area contributed by atoms with E-state index in [-0.39, 0.29) is 5.54 Å². The van der Waals surface area contributed by atoms with E-state index < -0.39 is 0 Å². The quantitative estimate of drug-likeness (QED) is 0.756. The average molecular weight is 334 g/mol. The summed E-state index contributed by atoms with van der Waals surface area (Å²) in [6.45, 7) is 4.45. The van der Waals surface area contributed by atoms with Crippen molar-refractivity contribution in [3.8, 4) is 11.3 Å². The Morgan fingerprint density at radius 2 is 1.79 bits per heavy atom. The van der Waals surface area contributed by atoms with E-state index in [0.29, 0.717) is 0 Å². The van der Waals surface area contributed by atoms with Crippen LogP contribution in [0.2, 0.25) is 0 Å². The van der Waals surface area contributed by atoms with Crippen LogP contribution in [0.4, 0.5) is 5.13 Å². The number of thiazole rings is 1. The molecule has 1 aromatic heterocycles. The van der Waals surface area contributed by atoms with E-state index in [1.54, 1.807) is 11.3 Å². The molecule has 4 rings (SSSR count). The Kier molecular flexibility index (Phi) is 3.69. The third-order valence-corrected chi connectivity index (χ3v) is 4.95. The fourth-order valence-corrected chi connectivity index (χ4v) is 3.85. The highest BCUT2D eigenvalue weighted by Crippen LogP contribution is 2.25. The van der Waals surface area contributed by atoms with Crippen molar-refractivity contribution in [3.05, 3.63) is 71.1 Å². The Balaban J connectivity index is 1.65. The molecule has 0 saturated heterocycles. The van der Waals surface area contributed by atoms with Crippen LogP contribution in [-0.2, 0) is 6.42 Å². The zero-order valence-corrected chi connectivity index (χ0v) is 14.7. The fraction of sp³-hybridized carbons (Fsp3) is 0.200. The monoisotopic (exact) mass is 334 g/mol. The van der Waals surface area contributed by atoms with Crippen LogP contribution in [0.15, 0.2) is 60.0 Å². The van der Waals surface area contributed by atoms with Gasteiger partial charge in [0.2, 0.25) is 0 Å². The van der Waals surface area contributed by atoms with Gasteiger partial charge in [-0.1, -0.05) is 59.9 Å². The lowest BCUT2D eigenvalue weighted by atomic mass is 9.89. The van der Waals surface area contributed by atoms with Crippen LogP contribution < -0.4 is 10.3 Å². The number of nitrogens with one attached hydrogen (secondary N) is 2. The minimum absolute atomic E-state index is 0.0240. The van der Waals surface area contributed by atoms with E-state index in [4.69, 9.17) is 4.98 Å². The largest absolute Gasteiger partial charge is 0.282 e. The van der Waals surface area contributed by atoms with E-state index in [1.165, 1.54) is 11.1 Å². The van der Waals surface area contributed by atoms with Crippen LogP contribution in [0.5, 0.6) is 0 Å². The van der Waals surface area contributed by atoms with Crippen molar-refractivity contribution in [3.63, 3.8) is 0 Å². The number of amidine groups is 1. The second-order valence-corrected chi connectivity index (χ2v) is 7.60. The molecule has 3 aromatic rings. The number of nitrogens with zero attached hydrogens (tertiary/aromatic N) is 1. The van der Waals surface area contributed by atoms with E-state index in [0.717, 1.165) is 28.6 Å². The second kappa shape index (κ2) is 5.87. The van der Waals surface area contributed by atoms with E-state index in [9.17, 15) is 0 Å². The fourth-order valence-electron chi connectivity index (χ4n) is 3.12. The number of rotatable bonds is 2. The van der Waals surface area contributed by atoms with Crippen LogP contribution >= 0.6 is 11.3 Å². The molecular formula is C20H20N3S+. The minimum atomic E-state index is 0.0240. The summed E-state index contributed by atoms with van der Waals surface area (Å²) in [5.41, 5.74) is 4.77. The van der Waals surface area contributed by atoms with Crippen molar-refractivity contribution < 1.29 is 4.99 Å². The van der Waals surface area contributed by atoms with Crippen molar-refractivity contribution in [1.82, 2.24) is 4.98 Å². The molecule has 1 aliphatic heterocycles. The number of anilines is 1. The second-order valence-electron chi connectivity index (χ2n) is 6.75. The van der Waals surface area contributed by atoms with Gasteiger partial charge in [-0.2, -0.15) is 4.98 Å². The van der Waals surface area contributed by atoms with Crippen LogP contribution in [0.25, 0.3) is 11.3 Å². The maximum absolute atomic E-state index is 4.74. The van der Waals surface area contributed by atoms with Gasteiger partial charge in [0.25, 0.3) is 11.0 Å². The Labute approximate surface area is 146 Å². The summed E-state index contributed by atoms with van der Waals surface area (Å²) in [5, 5.41) is 6.50. The van der Waals surface area contributed by atoms with Gasteiger partial charge >= 0.3 is 0 Å². The van der Waals surface area contributed by atoms with E-state index in [1.807, 2.05) is 18.2 Å². The Bertz CT molecular complexity index is 894. The summed E-state index contributed by atoms with van der Waals surface area (Å²) in [6, 6.07) is 18.8. The van der Waals surface area contributed by atoms with Gasteiger partial charge in [0.1, 0.15) is 5.54 Å². The van der Waals surface area contributed by atoms with Gasteiger partial charge in [-0.15, -0.1) is 0 Å². The molecule has 2 N–H and O–H groups in total. The van der Waals surface area contributed by atoms with Crippen LogP contribution in [0.3, 0.4) is 0 Å². The predicted molar refractivity (Wildman–Crippen MR) is 100 cm³/mol. The first-order valence-electron chi connectivity index (χ1n) is 8.12. The molecule has 1 aliphatic rings. The molecule has 120 valence electrons. The highest BCUT2D eigenvalue weighted by molar-refractivity contribution is 7.14. The molecule has 3 nitrogen and oxygen atoms in total. The number of benzene rings is 2. The molecule has 0 aliphatic carbocycles. The maximum atomic E-state index is 4.74. The molecular weight excluding hydrogens is 314 g/mol. The zero-order chi connectivity index (χ0) is 16.6. The number of hydrogen-bond acceptors (Lipinski definition) is 3. The summed E-state index contributed by atoms with van der Waals surface area (Å²) < 4.78 is 0. The molecule has 0 amide bonds. The van der Waals surface area contributed by atoms with Crippen molar-refractivity contribution in [2.45, 2.75) is 25.8 Å². The Morgan fingerprint density at radius 1 is 1.04 bits per heavy atom. The average Bonchev–Trinajstić information content (AvgIpc) is 3.03. The van der Waals surface area contributed by atoms with Gasteiger partial charge in [-0.05, 0) is 25.5 Å². The summed E-state index contributed by atoms with van der Waals surface area (Å²) in [7, 11) is 0. The topological polar surface area (TPSA) is 38.9 Å². The zero-order valence-electron chi connectivity index (χ0n) is 13.8. The SMILES string of the molecule is CC1(C)Cc2ccccc2C(Nc2nc(-c3ccccc3)cs2)=[NH+]1. The molecule has 0 radical (unpaired) electrons. The summed E-state index contributed by atoms with van der Waals surface area (Å²) in [5.74, 6) is 1.04. The van der Waals surface area contributed by atoms with Crippen molar-refractivity contribution >= 4 is 22.3 Å². The minimum Gasteiger partial charge on any atom is -0.269 e. The van der Waals surface area contributed by atoms with Gasteiger partial charge in [0.05, 0.1) is 11.3 Å². The molecule has 0 saturated carbocycles. The summed E-state index contributed by atoms with van der Waals surface area (Å²) in [6.07, 6.45) is 1.02. The first-order chi connectivity index (χ1) is 11.6. The lowest BCUT2D eigenvalue weighted by Gasteiger charge is -2.25. The number of aromatic nitrogens is 1. The first-order valence-corrected chi connectivity index (χ1v) is 9.00. The van der Waals surface area contributed by atoms with Gasteiger partial charge in [0, 0.05) is 17.4 Å². The third kappa shape index (κ3) is 2.97. The third-order valence-electron chi connectivity index (χ3n) is 4.19. The summed E-state index contributed by atoms with van der Waals surface area (Å²) in [4.78, 5) is 8.36. The molecule has 2 heterocycles. The van der Waals surface area contributed by atoms with E-state index in [2.05, 4.69) is 65.9 Å². The molecule has 0 atom stereocenters. The Hall–Kier alpha value is -2.46. The van der Waals surface area contributed by atoms with Gasteiger partial charge in [-0.3, -0.25) is 4.99 Å². The number of fused-ring (bicyclic) bond motifs is 1. The standard InChI is InChI=1S/C20H19N3S/c1-20(2)12-15-10-6-7-11-16(15)18(23-20)22-19-21-17(13-24-19)14-8-4-3-5-9-14/h3-11,13H,12H2,1-2H3,(H,21,22,23)/p+1. The first kappa shape index (κ1) is 15.1. The summed E-state index contributed by atoms with van der Waals surface area (Å²) >= 11 is 1.63. The lowest BCUT2D eigenvalue weighted by Crippen LogP contribution is -2.89. The molecule has 2 aromatic carbocycles. The predicted octanol–water partition coefficient (Wildman–Crippen LogP) is 3.08. The maximum Gasteiger partial charge on any atom is 0.282 e. The normalized spacial score (nSPS) is 15.5.